The largest absolute Gasteiger partial charge is 0.358 e. The minimum atomic E-state index is -0.581. The maximum atomic E-state index is 12.1. The van der Waals surface area contributed by atoms with E-state index in [-0.39, 0.29) is 11.8 Å². The molecule has 0 aliphatic carbocycles. The first kappa shape index (κ1) is 19.3. The SMILES string of the molecule is Cc1nn(C)c2nc(ONC(=O)Nc3cc(Cl)cc(Cl)c3)cc(C(C)C)c12. The van der Waals surface area contributed by atoms with Gasteiger partial charge in [-0.1, -0.05) is 37.0 Å². The van der Waals surface area contributed by atoms with Gasteiger partial charge in [0.25, 0.3) is 0 Å². The number of halogens is 2. The van der Waals surface area contributed by atoms with Crippen LogP contribution in [0.1, 0.15) is 31.0 Å². The summed E-state index contributed by atoms with van der Waals surface area (Å²) in [5.74, 6) is 0.511. The van der Waals surface area contributed by atoms with Gasteiger partial charge in [0.1, 0.15) is 0 Å². The van der Waals surface area contributed by atoms with Crippen LogP contribution in [-0.4, -0.2) is 20.8 Å². The number of nitrogens with zero attached hydrogens (tertiary/aromatic N) is 3. The number of rotatable bonds is 4. The number of hydrogen-bond donors (Lipinski definition) is 2. The highest BCUT2D eigenvalue weighted by Crippen LogP contribution is 2.29. The number of benzene rings is 1. The van der Waals surface area contributed by atoms with E-state index < -0.39 is 6.03 Å². The minimum absolute atomic E-state index is 0.239. The number of nitrogens with one attached hydrogen (secondary N) is 2. The number of carbonyl (C=O) groups excluding carboxylic acids is 1. The Bertz CT molecular complexity index is 996. The van der Waals surface area contributed by atoms with Crippen molar-refractivity contribution in [1.82, 2.24) is 20.2 Å². The van der Waals surface area contributed by atoms with Crippen LogP contribution in [0, 0.1) is 6.92 Å². The summed E-state index contributed by atoms with van der Waals surface area (Å²) >= 11 is 11.8. The maximum Gasteiger partial charge on any atom is 0.352 e. The number of aromatic nitrogens is 3. The average molecular weight is 408 g/mol. The van der Waals surface area contributed by atoms with Gasteiger partial charge in [-0.3, -0.25) is 4.68 Å². The second-order valence-corrected chi connectivity index (χ2v) is 7.30. The van der Waals surface area contributed by atoms with Gasteiger partial charge in [-0.05, 0) is 36.6 Å². The number of hydrogen-bond acceptors (Lipinski definition) is 4. The van der Waals surface area contributed by atoms with Crippen LogP contribution in [0.2, 0.25) is 10.0 Å². The first-order valence-electron chi connectivity index (χ1n) is 8.28. The van der Waals surface area contributed by atoms with Crippen LogP contribution in [0.5, 0.6) is 5.88 Å². The smallest absolute Gasteiger partial charge is 0.352 e. The number of anilines is 1. The van der Waals surface area contributed by atoms with Crippen molar-refractivity contribution in [2.45, 2.75) is 26.7 Å². The first-order valence-corrected chi connectivity index (χ1v) is 9.04. The van der Waals surface area contributed by atoms with E-state index in [1.54, 1.807) is 28.9 Å². The van der Waals surface area contributed by atoms with Gasteiger partial charge in [0, 0.05) is 34.2 Å². The Balaban J connectivity index is 1.78. The second-order valence-electron chi connectivity index (χ2n) is 6.43. The lowest BCUT2D eigenvalue weighted by Crippen LogP contribution is -2.32. The molecule has 1 aromatic carbocycles. The van der Waals surface area contributed by atoms with Crippen molar-refractivity contribution in [3.63, 3.8) is 0 Å². The average Bonchev–Trinajstić information content (AvgIpc) is 2.85. The fraction of sp³-hybridized carbons (Fsp3) is 0.278. The predicted molar refractivity (Wildman–Crippen MR) is 107 cm³/mol. The molecule has 2 heterocycles. The summed E-state index contributed by atoms with van der Waals surface area (Å²) in [4.78, 5) is 21.9. The van der Waals surface area contributed by atoms with Crippen molar-refractivity contribution in [1.29, 1.82) is 0 Å². The highest BCUT2D eigenvalue weighted by atomic mass is 35.5. The van der Waals surface area contributed by atoms with Gasteiger partial charge in [0.05, 0.1) is 5.69 Å². The van der Waals surface area contributed by atoms with Crippen molar-refractivity contribution < 1.29 is 9.63 Å². The van der Waals surface area contributed by atoms with E-state index in [9.17, 15) is 4.79 Å². The van der Waals surface area contributed by atoms with Gasteiger partial charge in [-0.15, -0.1) is 0 Å². The lowest BCUT2D eigenvalue weighted by molar-refractivity contribution is 0.184. The molecule has 9 heteroatoms. The number of urea groups is 1. The normalized spacial score (nSPS) is 11.1. The highest BCUT2D eigenvalue weighted by molar-refractivity contribution is 6.35. The summed E-state index contributed by atoms with van der Waals surface area (Å²) in [6.45, 7) is 6.10. The molecular formula is C18H19Cl2N5O2. The second kappa shape index (κ2) is 7.62. The zero-order valence-corrected chi connectivity index (χ0v) is 16.8. The van der Waals surface area contributed by atoms with Crippen molar-refractivity contribution in [3.8, 4) is 5.88 Å². The van der Waals surface area contributed by atoms with E-state index in [2.05, 4.69) is 34.7 Å². The van der Waals surface area contributed by atoms with Crippen LogP contribution in [-0.2, 0) is 7.05 Å². The van der Waals surface area contributed by atoms with Gasteiger partial charge in [0.2, 0.25) is 5.88 Å². The number of amides is 2. The van der Waals surface area contributed by atoms with Crippen LogP contribution in [0.25, 0.3) is 11.0 Å². The molecule has 0 aliphatic rings. The van der Waals surface area contributed by atoms with Gasteiger partial charge in [-0.2, -0.15) is 15.6 Å². The Morgan fingerprint density at radius 1 is 1.19 bits per heavy atom. The Morgan fingerprint density at radius 2 is 1.85 bits per heavy atom. The molecule has 3 aromatic rings. The van der Waals surface area contributed by atoms with Crippen LogP contribution >= 0.6 is 23.2 Å². The Morgan fingerprint density at radius 3 is 2.48 bits per heavy atom. The summed E-state index contributed by atoms with van der Waals surface area (Å²) in [5, 5.41) is 8.84. The standard InChI is InChI=1S/C18H19Cl2N5O2/c1-9(2)14-8-15(22-17-16(14)10(3)23-25(17)4)27-24-18(26)21-13-6-11(19)5-12(20)7-13/h5-9H,1-4H3,(H2,21,24,26). The molecule has 0 saturated heterocycles. The minimum Gasteiger partial charge on any atom is -0.358 e. The Kier molecular flexibility index (Phi) is 5.43. The summed E-state index contributed by atoms with van der Waals surface area (Å²) in [6, 6.07) is 5.95. The summed E-state index contributed by atoms with van der Waals surface area (Å²) in [7, 11) is 1.82. The zero-order valence-electron chi connectivity index (χ0n) is 15.3. The van der Waals surface area contributed by atoms with Crippen LogP contribution in [0.3, 0.4) is 0 Å². The van der Waals surface area contributed by atoms with Crippen LogP contribution in [0.15, 0.2) is 24.3 Å². The van der Waals surface area contributed by atoms with Crippen LogP contribution in [0.4, 0.5) is 10.5 Å². The molecule has 0 bridgehead atoms. The topological polar surface area (TPSA) is 81.1 Å². The van der Waals surface area contributed by atoms with Crippen molar-refractivity contribution in [2.24, 2.45) is 7.05 Å². The van der Waals surface area contributed by atoms with Crippen molar-refractivity contribution in [3.05, 3.63) is 45.6 Å². The number of fused-ring (bicyclic) bond motifs is 1. The summed E-state index contributed by atoms with van der Waals surface area (Å²) < 4.78 is 1.69. The number of pyridine rings is 1. The molecule has 2 aromatic heterocycles. The fourth-order valence-corrected chi connectivity index (χ4v) is 3.37. The lowest BCUT2D eigenvalue weighted by atomic mass is 10.00. The number of aryl methyl sites for hydroxylation is 2. The quantitative estimate of drug-likeness (QED) is 0.607. The van der Waals surface area contributed by atoms with Crippen LogP contribution < -0.4 is 15.6 Å². The molecule has 2 amide bonds. The molecule has 27 heavy (non-hydrogen) atoms. The fourth-order valence-electron chi connectivity index (χ4n) is 2.84. The molecule has 0 saturated carbocycles. The third-order valence-electron chi connectivity index (χ3n) is 3.97. The molecule has 2 N–H and O–H groups in total. The van der Waals surface area contributed by atoms with Gasteiger partial charge < -0.3 is 10.2 Å². The molecule has 0 spiro atoms. The van der Waals surface area contributed by atoms with E-state index >= 15 is 0 Å². The molecule has 7 nitrogen and oxygen atoms in total. The Labute approximate surface area is 166 Å². The lowest BCUT2D eigenvalue weighted by Gasteiger charge is -2.12. The summed E-state index contributed by atoms with van der Waals surface area (Å²) in [5.41, 5.74) is 5.40. The number of hydroxylamine groups is 1. The van der Waals surface area contributed by atoms with E-state index in [0.29, 0.717) is 21.4 Å². The van der Waals surface area contributed by atoms with Gasteiger partial charge in [0.15, 0.2) is 5.65 Å². The molecule has 3 rings (SSSR count). The number of carbonyl (C=O) groups is 1. The highest BCUT2D eigenvalue weighted by Gasteiger charge is 2.17. The third-order valence-corrected chi connectivity index (χ3v) is 4.40. The molecule has 0 unspecified atom stereocenters. The van der Waals surface area contributed by atoms with E-state index in [4.69, 9.17) is 28.0 Å². The summed E-state index contributed by atoms with van der Waals surface area (Å²) in [6.07, 6.45) is 0. The molecule has 0 radical (unpaired) electrons. The molecule has 0 fully saturated rings. The van der Waals surface area contributed by atoms with Gasteiger partial charge in [-0.25, -0.2) is 4.79 Å². The van der Waals surface area contributed by atoms with E-state index in [0.717, 1.165) is 16.6 Å². The predicted octanol–water partition coefficient (Wildman–Crippen LogP) is 4.82. The zero-order chi connectivity index (χ0) is 19.7. The van der Waals surface area contributed by atoms with Crippen molar-refractivity contribution in [2.75, 3.05) is 5.32 Å². The monoisotopic (exact) mass is 407 g/mol. The molecule has 0 aliphatic heterocycles. The maximum absolute atomic E-state index is 12.1. The van der Waals surface area contributed by atoms with Gasteiger partial charge >= 0.3 is 6.03 Å². The third kappa shape index (κ3) is 4.26. The van der Waals surface area contributed by atoms with E-state index in [1.165, 1.54) is 0 Å². The molecular weight excluding hydrogens is 389 g/mol. The molecule has 142 valence electrons. The molecule has 0 atom stereocenters. The van der Waals surface area contributed by atoms with E-state index in [1.807, 2.05) is 14.0 Å². The Hall–Kier alpha value is -2.51. The first-order chi connectivity index (χ1) is 12.7. The van der Waals surface area contributed by atoms with Crippen molar-refractivity contribution >= 4 is 46.0 Å².